The fourth-order valence-electron chi connectivity index (χ4n) is 2.34. The molecule has 1 saturated carbocycles. The summed E-state index contributed by atoms with van der Waals surface area (Å²) in [6.45, 7) is -0.367. The van der Waals surface area contributed by atoms with Crippen molar-refractivity contribution in [2.75, 3.05) is 10.8 Å². The van der Waals surface area contributed by atoms with E-state index < -0.39 is 10.0 Å². The first-order valence-electron chi connectivity index (χ1n) is 7.71. The SMILES string of the molecule is O=C(CN(c1cccc(Cl)c1Cl)S(=O)(=O)c1ccccc1)NC1CC1. The zero-order valence-corrected chi connectivity index (χ0v) is 15.5. The molecule has 8 heteroatoms. The molecule has 1 N–H and O–H groups in total. The van der Waals surface area contributed by atoms with E-state index in [-0.39, 0.29) is 39.1 Å². The van der Waals surface area contributed by atoms with E-state index in [1.54, 1.807) is 30.3 Å². The summed E-state index contributed by atoms with van der Waals surface area (Å²) in [4.78, 5) is 12.3. The molecule has 0 unspecified atom stereocenters. The number of amides is 1. The molecule has 1 aliphatic rings. The first-order chi connectivity index (χ1) is 11.9. The Hall–Kier alpha value is -1.76. The largest absolute Gasteiger partial charge is 0.352 e. The highest BCUT2D eigenvalue weighted by molar-refractivity contribution is 7.92. The molecule has 1 aliphatic carbocycles. The number of benzene rings is 2. The molecule has 0 aliphatic heterocycles. The highest BCUT2D eigenvalue weighted by Crippen LogP contribution is 2.35. The van der Waals surface area contributed by atoms with Gasteiger partial charge in [-0.25, -0.2) is 8.42 Å². The molecular formula is C17H16Cl2N2O3S. The Labute approximate surface area is 156 Å². The van der Waals surface area contributed by atoms with Crippen LogP contribution in [0, 0.1) is 0 Å². The lowest BCUT2D eigenvalue weighted by Crippen LogP contribution is -2.41. The van der Waals surface area contributed by atoms with Crippen molar-refractivity contribution in [3.05, 3.63) is 58.6 Å². The number of hydrogen-bond acceptors (Lipinski definition) is 3. The minimum atomic E-state index is -3.97. The van der Waals surface area contributed by atoms with Crippen molar-refractivity contribution in [1.29, 1.82) is 0 Å². The summed E-state index contributed by atoms with van der Waals surface area (Å²) in [6.07, 6.45) is 1.82. The van der Waals surface area contributed by atoms with E-state index in [9.17, 15) is 13.2 Å². The zero-order valence-electron chi connectivity index (χ0n) is 13.2. The maximum Gasteiger partial charge on any atom is 0.264 e. The summed E-state index contributed by atoms with van der Waals surface area (Å²) < 4.78 is 27.1. The average Bonchev–Trinajstić information content (AvgIpc) is 3.40. The van der Waals surface area contributed by atoms with Crippen molar-refractivity contribution in [2.45, 2.75) is 23.8 Å². The molecule has 2 aromatic carbocycles. The smallest absolute Gasteiger partial charge is 0.264 e. The van der Waals surface area contributed by atoms with Crippen LogP contribution in [0.4, 0.5) is 5.69 Å². The van der Waals surface area contributed by atoms with Crippen molar-refractivity contribution in [2.24, 2.45) is 0 Å². The van der Waals surface area contributed by atoms with E-state index in [1.165, 1.54) is 18.2 Å². The molecule has 0 atom stereocenters. The standard InChI is InChI=1S/C17H16Cl2N2O3S/c18-14-7-4-8-15(17(14)19)21(11-16(22)20-12-9-10-12)25(23,24)13-5-2-1-3-6-13/h1-8,12H,9-11H2,(H,20,22). The van der Waals surface area contributed by atoms with Gasteiger partial charge in [-0.3, -0.25) is 9.10 Å². The van der Waals surface area contributed by atoms with Crippen LogP contribution in [0.1, 0.15) is 12.8 Å². The lowest BCUT2D eigenvalue weighted by atomic mass is 10.3. The second-order valence-electron chi connectivity index (χ2n) is 5.74. The average molecular weight is 399 g/mol. The predicted molar refractivity (Wildman–Crippen MR) is 98.6 cm³/mol. The number of nitrogens with zero attached hydrogens (tertiary/aromatic N) is 1. The number of anilines is 1. The van der Waals surface area contributed by atoms with E-state index in [1.807, 2.05) is 0 Å². The lowest BCUT2D eigenvalue weighted by molar-refractivity contribution is -0.119. The summed E-state index contributed by atoms with van der Waals surface area (Å²) >= 11 is 12.2. The van der Waals surface area contributed by atoms with Gasteiger partial charge in [-0.2, -0.15) is 0 Å². The van der Waals surface area contributed by atoms with Crippen LogP contribution in [0.5, 0.6) is 0 Å². The van der Waals surface area contributed by atoms with Gasteiger partial charge in [0.2, 0.25) is 5.91 Å². The summed E-state index contributed by atoms with van der Waals surface area (Å²) in [6, 6.07) is 12.7. The third-order valence-corrected chi connectivity index (χ3v) is 6.34. The Bertz CT molecular complexity index is 884. The number of rotatable bonds is 6. The van der Waals surface area contributed by atoms with Gasteiger partial charge in [0, 0.05) is 6.04 Å². The van der Waals surface area contributed by atoms with Gasteiger partial charge in [0.05, 0.1) is 20.6 Å². The fourth-order valence-corrected chi connectivity index (χ4v) is 4.24. The highest BCUT2D eigenvalue weighted by atomic mass is 35.5. The number of halogens is 2. The number of carbonyl (C=O) groups is 1. The summed E-state index contributed by atoms with van der Waals surface area (Å²) in [5.74, 6) is -0.377. The van der Waals surface area contributed by atoms with Gasteiger partial charge >= 0.3 is 0 Å². The second-order valence-corrected chi connectivity index (χ2v) is 8.39. The second kappa shape index (κ2) is 7.23. The molecule has 5 nitrogen and oxygen atoms in total. The van der Waals surface area contributed by atoms with E-state index >= 15 is 0 Å². The molecule has 1 fully saturated rings. The number of hydrogen-bond donors (Lipinski definition) is 1. The molecule has 0 saturated heterocycles. The topological polar surface area (TPSA) is 66.5 Å². The zero-order chi connectivity index (χ0) is 18.0. The van der Waals surface area contributed by atoms with Crippen LogP contribution in [-0.2, 0) is 14.8 Å². The van der Waals surface area contributed by atoms with Crippen LogP contribution in [0.25, 0.3) is 0 Å². The first-order valence-corrected chi connectivity index (χ1v) is 9.90. The van der Waals surface area contributed by atoms with Gasteiger partial charge in [-0.1, -0.05) is 47.5 Å². The monoisotopic (exact) mass is 398 g/mol. The van der Waals surface area contributed by atoms with Crippen LogP contribution in [0.3, 0.4) is 0 Å². The van der Waals surface area contributed by atoms with E-state index in [0.29, 0.717) is 0 Å². The molecule has 132 valence electrons. The Morgan fingerprint density at radius 3 is 2.40 bits per heavy atom. The van der Waals surface area contributed by atoms with Crippen LogP contribution >= 0.6 is 23.2 Å². The van der Waals surface area contributed by atoms with Crippen molar-refractivity contribution in [1.82, 2.24) is 5.32 Å². The van der Waals surface area contributed by atoms with Gasteiger partial charge in [0.1, 0.15) is 6.54 Å². The van der Waals surface area contributed by atoms with Gasteiger partial charge in [0.25, 0.3) is 10.0 Å². The van der Waals surface area contributed by atoms with Gasteiger partial charge in [0.15, 0.2) is 0 Å². The molecule has 2 aromatic rings. The van der Waals surface area contributed by atoms with Crippen molar-refractivity contribution < 1.29 is 13.2 Å². The Morgan fingerprint density at radius 1 is 1.08 bits per heavy atom. The maximum atomic E-state index is 13.1. The van der Waals surface area contributed by atoms with Gasteiger partial charge in [-0.15, -0.1) is 0 Å². The van der Waals surface area contributed by atoms with Crippen LogP contribution in [-0.4, -0.2) is 26.9 Å². The minimum absolute atomic E-state index is 0.0743. The molecule has 1 amide bonds. The van der Waals surface area contributed by atoms with E-state index in [2.05, 4.69) is 5.32 Å². The molecule has 0 heterocycles. The Balaban J connectivity index is 2.02. The molecule has 0 aromatic heterocycles. The third-order valence-electron chi connectivity index (χ3n) is 3.76. The van der Waals surface area contributed by atoms with Gasteiger partial charge in [-0.05, 0) is 37.1 Å². The summed E-state index contributed by atoms with van der Waals surface area (Å²) in [5, 5.41) is 3.09. The first kappa shape index (κ1) is 18.0. The van der Waals surface area contributed by atoms with Gasteiger partial charge < -0.3 is 5.32 Å². The Morgan fingerprint density at radius 2 is 1.76 bits per heavy atom. The van der Waals surface area contributed by atoms with Crippen LogP contribution in [0.2, 0.25) is 10.0 Å². The lowest BCUT2D eigenvalue weighted by Gasteiger charge is -2.25. The van der Waals surface area contributed by atoms with Crippen LogP contribution < -0.4 is 9.62 Å². The molecule has 3 rings (SSSR count). The Kier molecular flexibility index (Phi) is 5.22. The van der Waals surface area contributed by atoms with Crippen molar-refractivity contribution in [3.8, 4) is 0 Å². The molecule has 0 bridgehead atoms. The highest BCUT2D eigenvalue weighted by Gasteiger charge is 2.31. The number of carbonyl (C=O) groups excluding carboxylic acids is 1. The molecule has 0 radical (unpaired) electrons. The predicted octanol–water partition coefficient (Wildman–Crippen LogP) is 3.47. The molecule has 0 spiro atoms. The number of sulfonamides is 1. The maximum absolute atomic E-state index is 13.1. The van der Waals surface area contributed by atoms with Crippen molar-refractivity contribution in [3.63, 3.8) is 0 Å². The van der Waals surface area contributed by atoms with E-state index in [4.69, 9.17) is 23.2 Å². The normalized spacial score (nSPS) is 14.2. The molecule has 25 heavy (non-hydrogen) atoms. The van der Waals surface area contributed by atoms with E-state index in [0.717, 1.165) is 17.1 Å². The quantitative estimate of drug-likeness (QED) is 0.809. The molecular weight excluding hydrogens is 383 g/mol. The number of nitrogens with one attached hydrogen (secondary N) is 1. The summed E-state index contributed by atoms with van der Waals surface area (Å²) in [7, 11) is -3.97. The van der Waals surface area contributed by atoms with Crippen LogP contribution in [0.15, 0.2) is 53.4 Å². The summed E-state index contributed by atoms with van der Waals surface area (Å²) in [5.41, 5.74) is 0.170. The minimum Gasteiger partial charge on any atom is -0.352 e. The van der Waals surface area contributed by atoms with Crippen molar-refractivity contribution >= 4 is 44.8 Å². The third kappa shape index (κ3) is 4.08. The fraction of sp³-hybridized carbons (Fsp3) is 0.235.